The van der Waals surface area contributed by atoms with Crippen LogP contribution in [0.15, 0.2) is 18.2 Å². The van der Waals surface area contributed by atoms with Crippen LogP contribution >= 0.6 is 0 Å². The van der Waals surface area contributed by atoms with Gasteiger partial charge in [-0.15, -0.1) is 0 Å². The largest absolute Gasteiger partial charge is 0.481 e. The highest BCUT2D eigenvalue weighted by Crippen LogP contribution is 2.14. The predicted octanol–water partition coefficient (Wildman–Crippen LogP) is 1.34. The molecule has 3 nitrogen and oxygen atoms in total. The van der Waals surface area contributed by atoms with Crippen molar-refractivity contribution in [3.63, 3.8) is 0 Å². The third kappa shape index (κ3) is 3.02. The fourth-order valence-electron chi connectivity index (χ4n) is 1.43. The van der Waals surface area contributed by atoms with Gasteiger partial charge in [0.1, 0.15) is 5.82 Å². The topological polar surface area (TPSA) is 63.3 Å². The summed E-state index contributed by atoms with van der Waals surface area (Å²) in [5.74, 6) is -1.83. The molecule has 15 heavy (non-hydrogen) atoms. The van der Waals surface area contributed by atoms with E-state index in [9.17, 15) is 9.18 Å². The maximum atomic E-state index is 12.8. The van der Waals surface area contributed by atoms with E-state index in [1.54, 1.807) is 13.0 Å². The SMILES string of the molecule is Cc1cc(F)ccc1CC(CN)C(=O)O. The zero-order valence-corrected chi connectivity index (χ0v) is 8.53. The number of hydrogen-bond donors (Lipinski definition) is 2. The van der Waals surface area contributed by atoms with Crippen LogP contribution in [0, 0.1) is 18.7 Å². The van der Waals surface area contributed by atoms with Gasteiger partial charge < -0.3 is 10.8 Å². The number of carboxylic acid groups (broad SMARTS) is 1. The van der Waals surface area contributed by atoms with Crippen LogP contribution in [-0.2, 0) is 11.2 Å². The molecule has 4 heteroatoms. The minimum Gasteiger partial charge on any atom is -0.481 e. The van der Waals surface area contributed by atoms with E-state index in [0.717, 1.165) is 11.1 Å². The van der Waals surface area contributed by atoms with Gasteiger partial charge in [0.05, 0.1) is 5.92 Å². The highest BCUT2D eigenvalue weighted by atomic mass is 19.1. The number of carbonyl (C=O) groups is 1. The van der Waals surface area contributed by atoms with Crippen LogP contribution in [0.2, 0.25) is 0 Å². The summed E-state index contributed by atoms with van der Waals surface area (Å²) < 4.78 is 12.8. The van der Waals surface area contributed by atoms with Gasteiger partial charge in [-0.25, -0.2) is 4.39 Å². The summed E-state index contributed by atoms with van der Waals surface area (Å²) in [7, 11) is 0. The van der Waals surface area contributed by atoms with Crippen molar-refractivity contribution in [3.8, 4) is 0 Å². The summed E-state index contributed by atoms with van der Waals surface area (Å²) in [6.45, 7) is 1.85. The number of nitrogens with two attached hydrogens (primary N) is 1. The Morgan fingerprint density at radius 3 is 2.73 bits per heavy atom. The summed E-state index contributed by atoms with van der Waals surface area (Å²) in [5, 5.41) is 8.83. The van der Waals surface area contributed by atoms with Crippen molar-refractivity contribution >= 4 is 5.97 Å². The van der Waals surface area contributed by atoms with Gasteiger partial charge >= 0.3 is 5.97 Å². The summed E-state index contributed by atoms with van der Waals surface area (Å²) in [6.07, 6.45) is 0.345. The average Bonchev–Trinajstić information content (AvgIpc) is 2.16. The lowest BCUT2D eigenvalue weighted by atomic mass is 9.96. The number of aliphatic carboxylic acids is 1. The van der Waals surface area contributed by atoms with Gasteiger partial charge in [0.25, 0.3) is 0 Å². The molecule has 1 unspecified atom stereocenters. The maximum absolute atomic E-state index is 12.8. The van der Waals surface area contributed by atoms with Gasteiger partial charge in [-0.2, -0.15) is 0 Å². The molecule has 0 bridgehead atoms. The van der Waals surface area contributed by atoms with Crippen LogP contribution < -0.4 is 5.73 Å². The van der Waals surface area contributed by atoms with Gasteiger partial charge in [-0.05, 0) is 36.6 Å². The van der Waals surface area contributed by atoms with E-state index in [4.69, 9.17) is 10.8 Å². The smallest absolute Gasteiger partial charge is 0.308 e. The second-order valence-corrected chi connectivity index (χ2v) is 3.55. The van der Waals surface area contributed by atoms with Crippen molar-refractivity contribution in [2.75, 3.05) is 6.54 Å². The number of aryl methyl sites for hydroxylation is 1. The molecule has 0 saturated heterocycles. The van der Waals surface area contributed by atoms with E-state index in [-0.39, 0.29) is 12.4 Å². The second kappa shape index (κ2) is 4.89. The van der Waals surface area contributed by atoms with Gasteiger partial charge in [0.15, 0.2) is 0 Å². The van der Waals surface area contributed by atoms with E-state index in [1.165, 1.54) is 12.1 Å². The molecule has 1 aromatic rings. The second-order valence-electron chi connectivity index (χ2n) is 3.55. The molecule has 1 rings (SSSR count). The van der Waals surface area contributed by atoms with Crippen LogP contribution in [0.25, 0.3) is 0 Å². The summed E-state index contributed by atoms with van der Waals surface area (Å²) in [5.41, 5.74) is 6.93. The number of carboxylic acids is 1. The monoisotopic (exact) mass is 211 g/mol. The first-order chi connectivity index (χ1) is 7.04. The minimum atomic E-state index is -0.916. The lowest BCUT2D eigenvalue weighted by Gasteiger charge is -2.11. The Morgan fingerprint density at radius 1 is 1.60 bits per heavy atom. The third-order valence-electron chi connectivity index (χ3n) is 2.40. The molecule has 1 atom stereocenters. The fraction of sp³-hybridized carbons (Fsp3) is 0.364. The molecule has 0 amide bonds. The molecular formula is C11H14FNO2. The molecule has 82 valence electrons. The average molecular weight is 211 g/mol. The van der Waals surface area contributed by atoms with Crippen molar-refractivity contribution in [1.29, 1.82) is 0 Å². The number of benzene rings is 1. The fourth-order valence-corrected chi connectivity index (χ4v) is 1.43. The van der Waals surface area contributed by atoms with E-state index in [2.05, 4.69) is 0 Å². The first-order valence-corrected chi connectivity index (χ1v) is 4.72. The lowest BCUT2D eigenvalue weighted by Crippen LogP contribution is -2.25. The van der Waals surface area contributed by atoms with E-state index >= 15 is 0 Å². The Morgan fingerprint density at radius 2 is 2.27 bits per heavy atom. The van der Waals surface area contributed by atoms with Crippen molar-refractivity contribution in [2.24, 2.45) is 11.7 Å². The molecule has 0 aliphatic rings. The van der Waals surface area contributed by atoms with Gasteiger partial charge in [0.2, 0.25) is 0 Å². The first-order valence-electron chi connectivity index (χ1n) is 4.72. The highest BCUT2D eigenvalue weighted by Gasteiger charge is 2.16. The van der Waals surface area contributed by atoms with Crippen LogP contribution in [-0.4, -0.2) is 17.6 Å². The van der Waals surface area contributed by atoms with Crippen LogP contribution in [0.1, 0.15) is 11.1 Å². The van der Waals surface area contributed by atoms with Gasteiger partial charge in [-0.3, -0.25) is 4.79 Å². The molecule has 0 aliphatic heterocycles. The Kier molecular flexibility index (Phi) is 3.80. The quantitative estimate of drug-likeness (QED) is 0.789. The Balaban J connectivity index is 2.84. The van der Waals surface area contributed by atoms with Crippen molar-refractivity contribution in [2.45, 2.75) is 13.3 Å². The summed E-state index contributed by atoms with van der Waals surface area (Å²) >= 11 is 0. The number of halogens is 1. The van der Waals surface area contributed by atoms with Gasteiger partial charge in [-0.1, -0.05) is 6.07 Å². The van der Waals surface area contributed by atoms with Crippen molar-refractivity contribution in [3.05, 3.63) is 35.1 Å². The van der Waals surface area contributed by atoms with E-state index in [0.29, 0.717) is 6.42 Å². The first kappa shape index (κ1) is 11.7. The van der Waals surface area contributed by atoms with Crippen molar-refractivity contribution in [1.82, 2.24) is 0 Å². The molecule has 0 aromatic heterocycles. The zero-order valence-electron chi connectivity index (χ0n) is 8.53. The van der Waals surface area contributed by atoms with E-state index in [1.807, 2.05) is 0 Å². The van der Waals surface area contributed by atoms with Crippen LogP contribution in [0.3, 0.4) is 0 Å². The molecule has 0 aliphatic carbocycles. The standard InChI is InChI=1S/C11H14FNO2/c1-7-4-10(12)3-2-8(7)5-9(6-13)11(14)15/h2-4,9H,5-6,13H2,1H3,(H,14,15). The lowest BCUT2D eigenvalue weighted by molar-refractivity contribution is -0.141. The Hall–Kier alpha value is -1.42. The molecule has 0 saturated carbocycles. The predicted molar refractivity (Wildman–Crippen MR) is 55.0 cm³/mol. The summed E-state index contributed by atoms with van der Waals surface area (Å²) in [4.78, 5) is 10.8. The molecule has 0 fully saturated rings. The Labute approximate surface area is 87.7 Å². The molecule has 0 radical (unpaired) electrons. The van der Waals surface area contributed by atoms with Crippen LogP contribution in [0.5, 0.6) is 0 Å². The molecule has 1 aromatic carbocycles. The minimum absolute atomic E-state index is 0.0894. The van der Waals surface area contributed by atoms with Gasteiger partial charge in [0, 0.05) is 6.54 Å². The molecule has 3 N–H and O–H groups in total. The molecule has 0 spiro atoms. The normalized spacial score (nSPS) is 12.5. The number of rotatable bonds is 4. The zero-order chi connectivity index (χ0) is 11.4. The highest BCUT2D eigenvalue weighted by molar-refractivity contribution is 5.70. The molecular weight excluding hydrogens is 197 g/mol. The maximum Gasteiger partial charge on any atom is 0.308 e. The molecule has 0 heterocycles. The van der Waals surface area contributed by atoms with E-state index < -0.39 is 11.9 Å². The number of hydrogen-bond acceptors (Lipinski definition) is 2. The summed E-state index contributed by atoms with van der Waals surface area (Å²) in [6, 6.07) is 4.33. The van der Waals surface area contributed by atoms with Crippen LogP contribution in [0.4, 0.5) is 4.39 Å². The third-order valence-corrected chi connectivity index (χ3v) is 2.40. The van der Waals surface area contributed by atoms with Crippen molar-refractivity contribution < 1.29 is 14.3 Å². The Bertz CT molecular complexity index is 366.